The number of nitrogens with one attached hydrogen (secondary N) is 1. The van der Waals surface area contributed by atoms with E-state index in [1.54, 1.807) is 6.92 Å². The summed E-state index contributed by atoms with van der Waals surface area (Å²) in [7, 11) is 0. The van der Waals surface area contributed by atoms with E-state index in [0.717, 1.165) is 4.57 Å². The van der Waals surface area contributed by atoms with E-state index in [1.807, 2.05) is 6.92 Å². The number of aromatic amines is 1. The Morgan fingerprint density at radius 2 is 2.26 bits per heavy atom. The van der Waals surface area contributed by atoms with Gasteiger partial charge in [0, 0.05) is 23.1 Å². The fraction of sp³-hybridized carbons (Fsp3) is 0.688. The van der Waals surface area contributed by atoms with Crippen molar-refractivity contribution in [3.8, 4) is 0 Å². The molecule has 1 fully saturated rings. The van der Waals surface area contributed by atoms with Gasteiger partial charge in [0.1, 0.15) is 18.4 Å². The number of aliphatic hydroxyl groups is 1. The van der Waals surface area contributed by atoms with Gasteiger partial charge in [-0.05, 0) is 18.4 Å². The summed E-state index contributed by atoms with van der Waals surface area (Å²) in [6.45, 7) is 5.19. The predicted octanol–water partition coefficient (Wildman–Crippen LogP) is 0.115. The van der Waals surface area contributed by atoms with Crippen molar-refractivity contribution in [2.75, 3.05) is 0 Å². The monoisotopic (exact) mass is 380 g/mol. The molecule has 27 heavy (non-hydrogen) atoms. The molecule has 1 aromatic heterocycles. The molecule has 11 nitrogen and oxygen atoms in total. The Labute approximate surface area is 154 Å². The predicted molar refractivity (Wildman–Crippen MR) is 96.0 cm³/mol. The fourth-order valence-electron chi connectivity index (χ4n) is 3.00. The maximum absolute atomic E-state index is 12.5. The number of azide groups is 1. The fourth-order valence-corrected chi connectivity index (χ4v) is 3.00. The molecule has 0 radical (unpaired) electrons. The second kappa shape index (κ2) is 8.49. The first-order chi connectivity index (χ1) is 12.7. The van der Waals surface area contributed by atoms with Crippen molar-refractivity contribution in [3.63, 3.8) is 0 Å². The van der Waals surface area contributed by atoms with Gasteiger partial charge in [0.15, 0.2) is 5.78 Å². The first kappa shape index (κ1) is 20.8. The van der Waals surface area contributed by atoms with Gasteiger partial charge in [-0.25, -0.2) is 4.79 Å². The number of nitrogens with zero attached hydrogens (tertiary/aromatic N) is 4. The van der Waals surface area contributed by atoms with Crippen LogP contribution >= 0.6 is 0 Å². The minimum atomic E-state index is -1.60. The zero-order valence-corrected chi connectivity index (χ0v) is 15.4. The van der Waals surface area contributed by atoms with Crippen molar-refractivity contribution < 1.29 is 14.6 Å². The molecule has 0 aliphatic carbocycles. The van der Waals surface area contributed by atoms with Crippen LogP contribution in [0.5, 0.6) is 0 Å². The van der Waals surface area contributed by atoms with Crippen LogP contribution in [0.3, 0.4) is 0 Å². The van der Waals surface area contributed by atoms with Gasteiger partial charge in [-0.15, -0.1) is 0 Å². The van der Waals surface area contributed by atoms with E-state index in [1.165, 1.54) is 13.1 Å². The van der Waals surface area contributed by atoms with Crippen molar-refractivity contribution in [3.05, 3.63) is 43.0 Å². The average molecular weight is 380 g/mol. The first-order valence-corrected chi connectivity index (χ1v) is 8.70. The van der Waals surface area contributed by atoms with Crippen LogP contribution in [0.15, 0.2) is 20.9 Å². The van der Waals surface area contributed by atoms with Gasteiger partial charge in [0.05, 0.1) is 12.1 Å². The summed E-state index contributed by atoms with van der Waals surface area (Å²) >= 11 is 0. The largest absolute Gasteiger partial charge is 0.382 e. The lowest BCUT2D eigenvalue weighted by molar-refractivity contribution is -0.140. The minimum Gasteiger partial charge on any atom is -0.382 e. The van der Waals surface area contributed by atoms with E-state index in [-0.39, 0.29) is 17.9 Å². The quantitative estimate of drug-likeness (QED) is 0.343. The zero-order chi connectivity index (χ0) is 20.3. The van der Waals surface area contributed by atoms with Crippen LogP contribution < -0.4 is 17.0 Å². The lowest BCUT2D eigenvalue weighted by Crippen LogP contribution is -2.49. The van der Waals surface area contributed by atoms with Crippen molar-refractivity contribution >= 4 is 5.78 Å². The summed E-state index contributed by atoms with van der Waals surface area (Å²) in [4.78, 5) is 41.0. The van der Waals surface area contributed by atoms with E-state index in [9.17, 15) is 19.5 Å². The van der Waals surface area contributed by atoms with Crippen molar-refractivity contribution in [2.45, 2.75) is 64.1 Å². The van der Waals surface area contributed by atoms with Gasteiger partial charge in [0.25, 0.3) is 5.56 Å². The number of ether oxygens (including phenoxy) is 1. The van der Waals surface area contributed by atoms with E-state index in [4.69, 9.17) is 16.0 Å². The average Bonchev–Trinajstić information content (AvgIpc) is 3.06. The Kier molecular flexibility index (Phi) is 6.55. The highest BCUT2D eigenvalue weighted by Gasteiger charge is 2.44. The lowest BCUT2D eigenvalue weighted by Gasteiger charge is -2.25. The Morgan fingerprint density at radius 3 is 2.85 bits per heavy atom. The number of hydrogen-bond acceptors (Lipinski definition) is 7. The lowest BCUT2D eigenvalue weighted by atomic mass is 9.90. The van der Waals surface area contributed by atoms with E-state index in [2.05, 4.69) is 15.0 Å². The molecule has 4 N–H and O–H groups in total. The van der Waals surface area contributed by atoms with Crippen LogP contribution in [0.2, 0.25) is 0 Å². The van der Waals surface area contributed by atoms with Crippen LogP contribution in [0.4, 0.5) is 0 Å². The van der Waals surface area contributed by atoms with Gasteiger partial charge in [-0.2, -0.15) is 0 Å². The van der Waals surface area contributed by atoms with Crippen LogP contribution in [0.25, 0.3) is 10.4 Å². The molecule has 1 aliphatic rings. The molecule has 0 saturated carbocycles. The van der Waals surface area contributed by atoms with Gasteiger partial charge in [0.2, 0.25) is 0 Å². The molecule has 1 aromatic rings. The Hall–Kier alpha value is -2.46. The number of H-pyrrole nitrogens is 1. The summed E-state index contributed by atoms with van der Waals surface area (Å²) in [5.74, 6) is -0.759. The maximum Gasteiger partial charge on any atom is 0.330 e. The van der Waals surface area contributed by atoms with E-state index in [0.29, 0.717) is 6.42 Å². The Balaban J connectivity index is 2.31. The molecular formula is C16H24N6O5. The highest BCUT2D eigenvalue weighted by molar-refractivity contribution is 5.88. The van der Waals surface area contributed by atoms with E-state index < -0.39 is 47.6 Å². The molecule has 0 amide bonds. The van der Waals surface area contributed by atoms with Gasteiger partial charge < -0.3 is 15.6 Å². The summed E-state index contributed by atoms with van der Waals surface area (Å²) in [6, 6.07) is -1.76. The molecule has 1 unspecified atom stereocenters. The van der Waals surface area contributed by atoms with Crippen molar-refractivity contribution in [1.29, 1.82) is 0 Å². The van der Waals surface area contributed by atoms with Crippen LogP contribution in [-0.2, 0) is 9.53 Å². The molecular weight excluding hydrogens is 356 g/mol. The summed E-state index contributed by atoms with van der Waals surface area (Å²) in [5.41, 5.74) is 13.8. The standard InChI is InChI=1S/C16H24N6O5/c1-4-7(2)11(17)12(23)13(24)14-9(20-21-18)5-10(27-14)22-6-8(3)15(25)19-16(22)26/h6-7,9-11,13-14,24H,4-5,17H2,1-3H3,(H,19,25,26)/t7-,9-,10+,11-,13?,14-/m0/s1. The number of nitrogens with two attached hydrogens (primary N) is 1. The Bertz CT molecular complexity index is 858. The molecule has 1 saturated heterocycles. The highest BCUT2D eigenvalue weighted by Crippen LogP contribution is 2.32. The van der Waals surface area contributed by atoms with Gasteiger partial charge in [-0.3, -0.25) is 19.1 Å². The summed E-state index contributed by atoms with van der Waals surface area (Å²) < 4.78 is 6.83. The molecule has 1 aliphatic heterocycles. The number of ketones is 1. The third-order valence-electron chi connectivity index (χ3n) is 4.98. The highest BCUT2D eigenvalue weighted by atomic mass is 16.5. The molecule has 2 heterocycles. The molecule has 2 rings (SSSR count). The third-order valence-corrected chi connectivity index (χ3v) is 4.98. The van der Waals surface area contributed by atoms with Crippen molar-refractivity contribution in [1.82, 2.24) is 9.55 Å². The van der Waals surface area contributed by atoms with Crippen LogP contribution in [0.1, 0.15) is 38.5 Å². The van der Waals surface area contributed by atoms with Crippen LogP contribution in [0, 0.1) is 12.8 Å². The van der Waals surface area contributed by atoms with Gasteiger partial charge in [-0.1, -0.05) is 25.4 Å². The number of aryl methyl sites for hydroxylation is 1. The number of carbonyl (C=O) groups is 1. The smallest absolute Gasteiger partial charge is 0.330 e. The number of rotatable bonds is 7. The molecule has 0 aromatic carbocycles. The first-order valence-electron chi connectivity index (χ1n) is 8.70. The number of Topliss-reactive ketones (excluding diaryl/α,β-unsaturated/α-hetero) is 1. The second-order valence-electron chi connectivity index (χ2n) is 6.80. The summed E-state index contributed by atoms with van der Waals surface area (Å²) in [5, 5.41) is 14.1. The normalized spacial score (nSPS) is 25.4. The number of aliphatic hydroxyl groups excluding tert-OH is 1. The molecule has 6 atom stereocenters. The Morgan fingerprint density at radius 1 is 1.59 bits per heavy atom. The zero-order valence-electron chi connectivity index (χ0n) is 15.4. The second-order valence-corrected chi connectivity index (χ2v) is 6.80. The third kappa shape index (κ3) is 4.28. The summed E-state index contributed by atoms with van der Waals surface area (Å²) in [6.07, 6.45) is -1.62. The van der Waals surface area contributed by atoms with Crippen molar-refractivity contribution in [2.24, 2.45) is 16.8 Å². The maximum atomic E-state index is 12.5. The van der Waals surface area contributed by atoms with Gasteiger partial charge >= 0.3 is 5.69 Å². The molecule has 0 bridgehead atoms. The molecule has 0 spiro atoms. The minimum absolute atomic E-state index is 0.0586. The number of aromatic nitrogens is 2. The van der Waals surface area contributed by atoms with E-state index >= 15 is 0 Å². The molecule has 11 heteroatoms. The number of carbonyl (C=O) groups excluding carboxylic acids is 1. The number of hydrogen-bond donors (Lipinski definition) is 3. The SMILES string of the molecule is CC[C@H](C)[C@H](N)C(=O)C(O)[C@H]1O[C@@H](n2cc(C)c(=O)[nH]c2=O)C[C@@H]1N=[N+]=[N-]. The van der Waals surface area contributed by atoms with Crippen LogP contribution in [-0.4, -0.2) is 44.7 Å². The molecule has 148 valence electrons. The topological polar surface area (TPSA) is 176 Å².